The van der Waals surface area contributed by atoms with Gasteiger partial charge in [0.05, 0.1) is 6.42 Å². The van der Waals surface area contributed by atoms with Crippen LogP contribution in [0.25, 0.3) is 0 Å². The summed E-state index contributed by atoms with van der Waals surface area (Å²) >= 11 is 5.78. The van der Waals surface area contributed by atoms with Crippen LogP contribution in [0.2, 0.25) is 5.15 Å². The van der Waals surface area contributed by atoms with Gasteiger partial charge in [-0.3, -0.25) is 4.79 Å². The fourth-order valence-electron chi connectivity index (χ4n) is 0.874. The number of anilines is 1. The van der Waals surface area contributed by atoms with Crippen LogP contribution in [0.1, 0.15) is 5.56 Å². The molecule has 5 nitrogen and oxygen atoms in total. The fraction of sp³-hybridized carbons (Fsp3) is 0.375. The summed E-state index contributed by atoms with van der Waals surface area (Å²) < 4.78 is 0. The second-order valence-electron chi connectivity index (χ2n) is 2.95. The predicted molar refractivity (Wildman–Crippen MR) is 52.7 cm³/mol. The minimum Gasteiger partial charge on any atom is -0.481 e. The molecule has 1 aromatic rings. The molecule has 0 saturated heterocycles. The molecule has 1 rings (SSSR count). The fourth-order valence-corrected chi connectivity index (χ4v) is 1.07. The third-order valence-corrected chi connectivity index (χ3v) is 1.87. The lowest BCUT2D eigenvalue weighted by Gasteiger charge is -2.10. The van der Waals surface area contributed by atoms with Crippen molar-refractivity contribution in [1.29, 1.82) is 0 Å². The maximum absolute atomic E-state index is 10.4. The van der Waals surface area contributed by atoms with Crippen LogP contribution in [0.5, 0.6) is 0 Å². The van der Waals surface area contributed by atoms with Crippen molar-refractivity contribution >= 4 is 23.5 Å². The summed E-state index contributed by atoms with van der Waals surface area (Å²) in [6.45, 7) is 0. The quantitative estimate of drug-likeness (QED) is 0.757. The Hall–Kier alpha value is -1.36. The number of rotatable bonds is 3. The molecule has 0 aliphatic heterocycles. The third kappa shape index (κ3) is 2.56. The van der Waals surface area contributed by atoms with Gasteiger partial charge in [-0.15, -0.1) is 0 Å². The maximum atomic E-state index is 10.4. The van der Waals surface area contributed by atoms with E-state index in [1.54, 1.807) is 19.0 Å². The van der Waals surface area contributed by atoms with Gasteiger partial charge >= 0.3 is 5.97 Å². The summed E-state index contributed by atoms with van der Waals surface area (Å²) in [6.07, 6.45) is 1.27. The molecule has 0 saturated carbocycles. The van der Waals surface area contributed by atoms with Crippen molar-refractivity contribution in [2.45, 2.75) is 6.42 Å². The van der Waals surface area contributed by atoms with E-state index in [4.69, 9.17) is 16.7 Å². The number of carbonyl (C=O) groups is 1. The van der Waals surface area contributed by atoms with Crippen LogP contribution in [-0.4, -0.2) is 35.1 Å². The molecule has 0 aliphatic rings. The van der Waals surface area contributed by atoms with Gasteiger partial charge in [0.15, 0.2) is 0 Å². The first-order valence-electron chi connectivity index (χ1n) is 3.91. The molecule has 0 aliphatic carbocycles. The van der Waals surface area contributed by atoms with E-state index in [0.717, 1.165) is 0 Å². The summed E-state index contributed by atoms with van der Waals surface area (Å²) in [7, 11) is 3.56. The molecular formula is C8H10ClN3O2. The van der Waals surface area contributed by atoms with Crippen molar-refractivity contribution in [3.8, 4) is 0 Å². The Balaban J connectivity index is 2.95. The topological polar surface area (TPSA) is 66.3 Å². The number of aliphatic carboxylic acids is 1. The van der Waals surface area contributed by atoms with Crippen LogP contribution in [0, 0.1) is 0 Å². The largest absolute Gasteiger partial charge is 0.481 e. The maximum Gasteiger partial charge on any atom is 0.307 e. The van der Waals surface area contributed by atoms with E-state index in [9.17, 15) is 4.79 Å². The number of nitrogens with zero attached hydrogens (tertiary/aromatic N) is 3. The van der Waals surface area contributed by atoms with Gasteiger partial charge in [-0.25, -0.2) is 9.97 Å². The van der Waals surface area contributed by atoms with Crippen molar-refractivity contribution in [2.75, 3.05) is 19.0 Å². The highest BCUT2D eigenvalue weighted by molar-refractivity contribution is 6.30. The van der Waals surface area contributed by atoms with Crippen LogP contribution in [-0.2, 0) is 11.2 Å². The Bertz CT molecular complexity index is 354. The van der Waals surface area contributed by atoms with Crippen molar-refractivity contribution in [3.05, 3.63) is 16.9 Å². The van der Waals surface area contributed by atoms with Crippen molar-refractivity contribution < 1.29 is 9.90 Å². The molecule has 0 atom stereocenters. The van der Waals surface area contributed by atoms with Crippen LogP contribution in [0.4, 0.5) is 5.95 Å². The van der Waals surface area contributed by atoms with Gasteiger partial charge in [0.25, 0.3) is 0 Å². The number of carboxylic acids is 1. The lowest BCUT2D eigenvalue weighted by Crippen LogP contribution is -2.13. The SMILES string of the molecule is CN(C)c1ncc(CC(=O)O)c(Cl)n1. The first-order valence-corrected chi connectivity index (χ1v) is 4.29. The van der Waals surface area contributed by atoms with Gasteiger partial charge in [-0.2, -0.15) is 0 Å². The van der Waals surface area contributed by atoms with Gasteiger partial charge in [-0.05, 0) is 0 Å². The minimum atomic E-state index is -0.951. The molecule has 6 heteroatoms. The molecule has 0 fully saturated rings. The van der Waals surface area contributed by atoms with Crippen molar-refractivity contribution in [2.24, 2.45) is 0 Å². The first kappa shape index (κ1) is 10.7. The predicted octanol–water partition coefficient (Wildman–Crippen LogP) is 0.823. The van der Waals surface area contributed by atoms with E-state index in [-0.39, 0.29) is 11.6 Å². The van der Waals surface area contributed by atoms with Gasteiger partial charge in [-0.1, -0.05) is 11.6 Å². The molecule has 76 valence electrons. The number of hydrogen-bond acceptors (Lipinski definition) is 4. The smallest absolute Gasteiger partial charge is 0.307 e. The van der Waals surface area contributed by atoms with E-state index >= 15 is 0 Å². The molecule has 0 aromatic carbocycles. The third-order valence-electron chi connectivity index (χ3n) is 1.54. The Labute approximate surface area is 86.3 Å². The standard InChI is InChI=1S/C8H10ClN3O2/c1-12(2)8-10-4-5(3-6(13)14)7(9)11-8/h4H,3H2,1-2H3,(H,13,14). The molecule has 1 aromatic heterocycles. The lowest BCUT2D eigenvalue weighted by atomic mass is 10.2. The molecule has 1 heterocycles. The van der Waals surface area contributed by atoms with E-state index in [1.807, 2.05) is 0 Å². The number of aromatic nitrogens is 2. The number of hydrogen-bond donors (Lipinski definition) is 1. The van der Waals surface area contributed by atoms with Crippen LogP contribution < -0.4 is 4.90 Å². The average molecular weight is 216 g/mol. The summed E-state index contributed by atoms with van der Waals surface area (Å²) in [4.78, 5) is 20.0. The molecule has 14 heavy (non-hydrogen) atoms. The van der Waals surface area contributed by atoms with Crippen LogP contribution in [0.15, 0.2) is 6.20 Å². The number of carboxylic acid groups (broad SMARTS) is 1. The molecule has 1 N–H and O–H groups in total. The highest BCUT2D eigenvalue weighted by atomic mass is 35.5. The summed E-state index contributed by atoms with van der Waals surface area (Å²) in [6, 6.07) is 0. The number of halogens is 1. The second-order valence-corrected chi connectivity index (χ2v) is 3.31. The molecule has 0 spiro atoms. The first-order chi connectivity index (χ1) is 6.50. The van der Waals surface area contributed by atoms with Crippen molar-refractivity contribution in [1.82, 2.24) is 9.97 Å². The lowest BCUT2D eigenvalue weighted by molar-refractivity contribution is -0.136. The van der Waals surface area contributed by atoms with Crippen LogP contribution >= 0.6 is 11.6 Å². The zero-order valence-electron chi connectivity index (χ0n) is 7.86. The van der Waals surface area contributed by atoms with Gasteiger partial charge in [0, 0.05) is 25.9 Å². The summed E-state index contributed by atoms with van der Waals surface area (Å²) in [5, 5.41) is 8.73. The highest BCUT2D eigenvalue weighted by Crippen LogP contribution is 2.15. The van der Waals surface area contributed by atoms with Gasteiger partial charge in [0.2, 0.25) is 5.95 Å². The highest BCUT2D eigenvalue weighted by Gasteiger charge is 2.09. The molecule has 0 unspecified atom stereocenters. The Morgan fingerprint density at radius 2 is 2.29 bits per heavy atom. The zero-order chi connectivity index (χ0) is 10.7. The van der Waals surface area contributed by atoms with Gasteiger partial charge < -0.3 is 10.0 Å². The van der Waals surface area contributed by atoms with Gasteiger partial charge in [0.1, 0.15) is 5.15 Å². The second kappa shape index (κ2) is 4.23. The Morgan fingerprint density at radius 3 is 2.71 bits per heavy atom. The zero-order valence-corrected chi connectivity index (χ0v) is 8.62. The van der Waals surface area contributed by atoms with E-state index < -0.39 is 5.97 Å². The van der Waals surface area contributed by atoms with Crippen molar-refractivity contribution in [3.63, 3.8) is 0 Å². The molecular weight excluding hydrogens is 206 g/mol. The molecule has 0 amide bonds. The average Bonchev–Trinajstić information content (AvgIpc) is 2.07. The van der Waals surface area contributed by atoms with E-state index in [0.29, 0.717) is 11.5 Å². The minimum absolute atomic E-state index is 0.160. The normalized spacial score (nSPS) is 9.93. The monoisotopic (exact) mass is 215 g/mol. The molecule has 0 radical (unpaired) electrons. The van der Waals surface area contributed by atoms with Crippen LogP contribution in [0.3, 0.4) is 0 Å². The summed E-state index contributed by atoms with van der Waals surface area (Å²) in [5.74, 6) is -0.489. The summed E-state index contributed by atoms with van der Waals surface area (Å²) in [5.41, 5.74) is 0.421. The molecule has 0 bridgehead atoms. The van der Waals surface area contributed by atoms with E-state index in [1.165, 1.54) is 6.20 Å². The Morgan fingerprint density at radius 1 is 1.64 bits per heavy atom. The Kier molecular flexibility index (Phi) is 3.24. The van der Waals surface area contributed by atoms with E-state index in [2.05, 4.69) is 9.97 Å².